The van der Waals surface area contributed by atoms with Crippen molar-refractivity contribution >= 4 is 11.3 Å². The van der Waals surface area contributed by atoms with Gasteiger partial charge < -0.3 is 5.73 Å². The fourth-order valence-corrected chi connectivity index (χ4v) is 2.94. The fraction of sp³-hybridized carbons (Fsp3) is 0.400. The summed E-state index contributed by atoms with van der Waals surface area (Å²) in [6.45, 7) is 5.06. The van der Waals surface area contributed by atoms with Gasteiger partial charge in [-0.05, 0) is 24.9 Å². The maximum absolute atomic E-state index is 5.75. The van der Waals surface area contributed by atoms with Gasteiger partial charge in [0.25, 0.3) is 0 Å². The van der Waals surface area contributed by atoms with Gasteiger partial charge in [-0.25, -0.2) is 4.98 Å². The van der Waals surface area contributed by atoms with Crippen molar-refractivity contribution in [3.63, 3.8) is 0 Å². The second-order valence-electron chi connectivity index (χ2n) is 4.66. The van der Waals surface area contributed by atoms with Crippen molar-refractivity contribution in [2.24, 2.45) is 11.7 Å². The monoisotopic (exact) mass is 260 g/mol. The molecule has 1 unspecified atom stereocenters. The van der Waals surface area contributed by atoms with E-state index in [2.05, 4.69) is 43.5 Å². The van der Waals surface area contributed by atoms with Crippen LogP contribution >= 0.6 is 11.3 Å². The average Bonchev–Trinajstić information content (AvgIpc) is 2.85. The summed E-state index contributed by atoms with van der Waals surface area (Å²) in [5.74, 6) is 0.556. The lowest BCUT2D eigenvalue weighted by Gasteiger charge is -2.08. The molecule has 2 rings (SSSR count). The van der Waals surface area contributed by atoms with Gasteiger partial charge in [0.15, 0.2) is 0 Å². The van der Waals surface area contributed by atoms with E-state index in [-0.39, 0.29) is 0 Å². The van der Waals surface area contributed by atoms with Gasteiger partial charge in [-0.3, -0.25) is 0 Å². The molecule has 0 aliphatic carbocycles. The molecule has 0 aliphatic rings. The molecule has 0 fully saturated rings. The highest BCUT2D eigenvalue weighted by atomic mass is 32.1. The summed E-state index contributed by atoms with van der Waals surface area (Å²) >= 11 is 1.75. The van der Waals surface area contributed by atoms with Crippen molar-refractivity contribution in [3.8, 4) is 11.3 Å². The van der Waals surface area contributed by atoms with Crippen molar-refractivity contribution in [2.45, 2.75) is 26.7 Å². The summed E-state index contributed by atoms with van der Waals surface area (Å²) in [6, 6.07) is 8.39. The largest absolute Gasteiger partial charge is 0.330 e. The molecular formula is C15H20N2S. The van der Waals surface area contributed by atoms with Crippen LogP contribution in [0.2, 0.25) is 0 Å². The first-order valence-electron chi connectivity index (χ1n) is 6.45. The summed E-state index contributed by atoms with van der Waals surface area (Å²) in [4.78, 5) is 4.74. The summed E-state index contributed by atoms with van der Waals surface area (Å²) < 4.78 is 0. The van der Waals surface area contributed by atoms with E-state index in [0.717, 1.165) is 25.1 Å². The van der Waals surface area contributed by atoms with Crippen LogP contribution in [0.25, 0.3) is 11.3 Å². The SMILES string of the molecule is CCC(CN)Cc1nc(-c2ccccc2C)cs1. The number of rotatable bonds is 5. The summed E-state index contributed by atoms with van der Waals surface area (Å²) in [7, 11) is 0. The normalized spacial score (nSPS) is 12.6. The zero-order valence-corrected chi connectivity index (χ0v) is 11.8. The van der Waals surface area contributed by atoms with Gasteiger partial charge >= 0.3 is 0 Å². The number of aromatic nitrogens is 1. The van der Waals surface area contributed by atoms with Crippen molar-refractivity contribution in [2.75, 3.05) is 6.54 Å². The molecule has 0 amide bonds. The van der Waals surface area contributed by atoms with Gasteiger partial charge in [0.1, 0.15) is 0 Å². The number of thiazole rings is 1. The third-order valence-corrected chi connectivity index (χ3v) is 4.22. The molecule has 2 nitrogen and oxygen atoms in total. The minimum Gasteiger partial charge on any atom is -0.330 e. The first kappa shape index (κ1) is 13.2. The quantitative estimate of drug-likeness (QED) is 0.891. The average molecular weight is 260 g/mol. The van der Waals surface area contributed by atoms with Crippen LogP contribution in [-0.2, 0) is 6.42 Å². The zero-order valence-electron chi connectivity index (χ0n) is 11.0. The lowest BCUT2D eigenvalue weighted by molar-refractivity contribution is 0.518. The number of hydrogen-bond donors (Lipinski definition) is 1. The van der Waals surface area contributed by atoms with Crippen LogP contribution in [0.3, 0.4) is 0 Å². The minimum absolute atomic E-state index is 0.556. The maximum Gasteiger partial charge on any atom is 0.0935 e. The van der Waals surface area contributed by atoms with Crippen molar-refractivity contribution in [1.29, 1.82) is 0 Å². The molecule has 0 spiro atoms. The van der Waals surface area contributed by atoms with Gasteiger partial charge in [0, 0.05) is 17.4 Å². The third kappa shape index (κ3) is 2.98. The molecule has 2 aromatic rings. The van der Waals surface area contributed by atoms with Crippen LogP contribution in [0.1, 0.15) is 23.9 Å². The lowest BCUT2D eigenvalue weighted by atomic mass is 10.0. The first-order valence-corrected chi connectivity index (χ1v) is 7.33. The highest BCUT2D eigenvalue weighted by Gasteiger charge is 2.10. The van der Waals surface area contributed by atoms with E-state index in [0.29, 0.717) is 5.92 Å². The Balaban J connectivity index is 2.18. The lowest BCUT2D eigenvalue weighted by Crippen LogP contribution is -2.15. The molecule has 0 aliphatic heterocycles. The molecule has 0 saturated heterocycles. The predicted octanol–water partition coefficient (Wildman–Crippen LogP) is 3.65. The van der Waals surface area contributed by atoms with Gasteiger partial charge in [-0.1, -0.05) is 37.6 Å². The molecule has 0 radical (unpaired) electrons. The Morgan fingerprint density at radius 1 is 1.33 bits per heavy atom. The Labute approximate surface area is 113 Å². The second-order valence-corrected chi connectivity index (χ2v) is 5.60. The van der Waals surface area contributed by atoms with Gasteiger partial charge in [0.05, 0.1) is 10.7 Å². The van der Waals surface area contributed by atoms with E-state index in [9.17, 15) is 0 Å². The van der Waals surface area contributed by atoms with E-state index in [4.69, 9.17) is 10.7 Å². The number of nitrogens with zero attached hydrogens (tertiary/aromatic N) is 1. The summed E-state index contributed by atoms with van der Waals surface area (Å²) in [5, 5.41) is 3.35. The zero-order chi connectivity index (χ0) is 13.0. The molecule has 1 aromatic carbocycles. The topological polar surface area (TPSA) is 38.9 Å². The van der Waals surface area contributed by atoms with Crippen LogP contribution in [-0.4, -0.2) is 11.5 Å². The van der Waals surface area contributed by atoms with Crippen LogP contribution in [0.15, 0.2) is 29.6 Å². The second kappa shape index (κ2) is 6.12. The Bertz CT molecular complexity index is 501. The predicted molar refractivity (Wildman–Crippen MR) is 78.8 cm³/mol. The molecule has 96 valence electrons. The van der Waals surface area contributed by atoms with E-state index >= 15 is 0 Å². The van der Waals surface area contributed by atoms with Crippen LogP contribution in [0, 0.1) is 12.8 Å². The number of aryl methyl sites for hydroxylation is 1. The number of nitrogens with two attached hydrogens (primary N) is 1. The molecule has 0 saturated carbocycles. The molecule has 0 bridgehead atoms. The van der Waals surface area contributed by atoms with Gasteiger partial charge in [-0.2, -0.15) is 0 Å². The highest BCUT2D eigenvalue weighted by Crippen LogP contribution is 2.26. The van der Waals surface area contributed by atoms with Crippen molar-refractivity contribution in [3.05, 3.63) is 40.2 Å². The Morgan fingerprint density at radius 3 is 2.78 bits per heavy atom. The Morgan fingerprint density at radius 2 is 2.11 bits per heavy atom. The Kier molecular flexibility index (Phi) is 4.50. The Hall–Kier alpha value is -1.19. The third-order valence-electron chi connectivity index (χ3n) is 3.35. The van der Waals surface area contributed by atoms with E-state index < -0.39 is 0 Å². The first-order chi connectivity index (χ1) is 8.74. The number of benzene rings is 1. The molecular weight excluding hydrogens is 240 g/mol. The molecule has 1 aromatic heterocycles. The van der Waals surface area contributed by atoms with E-state index in [1.807, 2.05) is 0 Å². The smallest absolute Gasteiger partial charge is 0.0935 e. The van der Waals surface area contributed by atoms with Crippen LogP contribution in [0.5, 0.6) is 0 Å². The summed E-state index contributed by atoms with van der Waals surface area (Å²) in [6.07, 6.45) is 2.12. The van der Waals surface area contributed by atoms with Crippen molar-refractivity contribution < 1.29 is 0 Å². The standard InChI is InChI=1S/C15H20N2S/c1-3-12(9-16)8-15-17-14(10-18-15)13-7-5-4-6-11(13)2/h4-7,10,12H,3,8-9,16H2,1-2H3. The maximum atomic E-state index is 5.75. The molecule has 3 heteroatoms. The fourth-order valence-electron chi connectivity index (χ4n) is 2.03. The van der Waals surface area contributed by atoms with Gasteiger partial charge in [0.2, 0.25) is 0 Å². The molecule has 2 N–H and O–H groups in total. The van der Waals surface area contributed by atoms with Crippen LogP contribution in [0.4, 0.5) is 0 Å². The molecule has 1 atom stereocenters. The summed E-state index contributed by atoms with van der Waals surface area (Å²) in [5.41, 5.74) is 9.36. The van der Waals surface area contributed by atoms with E-state index in [1.165, 1.54) is 16.1 Å². The molecule has 18 heavy (non-hydrogen) atoms. The minimum atomic E-state index is 0.556. The highest BCUT2D eigenvalue weighted by molar-refractivity contribution is 7.09. The van der Waals surface area contributed by atoms with E-state index in [1.54, 1.807) is 11.3 Å². The van der Waals surface area contributed by atoms with Crippen LogP contribution < -0.4 is 5.73 Å². The number of hydrogen-bond acceptors (Lipinski definition) is 3. The van der Waals surface area contributed by atoms with Gasteiger partial charge in [-0.15, -0.1) is 11.3 Å². The molecule has 1 heterocycles. The van der Waals surface area contributed by atoms with Crippen molar-refractivity contribution in [1.82, 2.24) is 4.98 Å².